The van der Waals surface area contributed by atoms with Crippen LogP contribution in [0.4, 0.5) is 8.78 Å². The molecule has 4 atom stereocenters. The number of alkyl halides is 1. The number of hydrogen-bond donors (Lipinski definition) is 2. The summed E-state index contributed by atoms with van der Waals surface area (Å²) in [5.74, 6) is -2.58. The number of nitrogens with zero attached hydrogens (tertiary/aromatic N) is 2. The molecule has 0 spiro atoms. The van der Waals surface area contributed by atoms with Crippen molar-refractivity contribution in [3.8, 4) is 5.75 Å². The SMILES string of the molecule is NC(=O)C1Cn2ccnc2C(F)C1c1c(Cl)c(F)cc2c1C[C@@](CNCC1COC1)(c1ccccc1)O2. The number of rotatable bonds is 7. The average Bonchev–Trinajstić information content (AvgIpc) is 3.48. The predicted molar refractivity (Wildman–Crippen MR) is 133 cm³/mol. The number of nitrogens with two attached hydrogens (primary N) is 1. The third-order valence-corrected chi connectivity index (χ3v) is 8.16. The number of nitrogens with one attached hydrogen (secondary N) is 1. The van der Waals surface area contributed by atoms with Gasteiger partial charge in [0.15, 0.2) is 11.8 Å². The first kappa shape index (κ1) is 24.3. The Morgan fingerprint density at radius 1 is 1.30 bits per heavy atom. The second-order valence-electron chi connectivity index (χ2n) is 10.1. The first-order chi connectivity index (χ1) is 17.9. The van der Waals surface area contributed by atoms with E-state index in [0.717, 1.165) is 12.1 Å². The van der Waals surface area contributed by atoms with Crippen molar-refractivity contribution in [2.24, 2.45) is 17.6 Å². The number of carbonyl (C=O) groups excluding carboxylic acids is 1. The van der Waals surface area contributed by atoms with Crippen LogP contribution in [0.2, 0.25) is 5.02 Å². The highest BCUT2D eigenvalue weighted by molar-refractivity contribution is 6.31. The second kappa shape index (κ2) is 9.38. The molecule has 37 heavy (non-hydrogen) atoms. The highest BCUT2D eigenvalue weighted by Crippen LogP contribution is 2.53. The van der Waals surface area contributed by atoms with E-state index in [1.807, 2.05) is 30.3 Å². The topological polar surface area (TPSA) is 91.4 Å². The molecule has 1 fully saturated rings. The van der Waals surface area contributed by atoms with Crippen LogP contribution in [0.5, 0.6) is 5.75 Å². The minimum absolute atomic E-state index is 0.132. The van der Waals surface area contributed by atoms with Crippen molar-refractivity contribution >= 4 is 17.5 Å². The molecule has 194 valence electrons. The Kier molecular flexibility index (Phi) is 6.17. The lowest BCUT2D eigenvalue weighted by Gasteiger charge is -2.35. The van der Waals surface area contributed by atoms with Crippen molar-refractivity contribution in [2.75, 3.05) is 26.3 Å². The summed E-state index contributed by atoms with van der Waals surface area (Å²) in [7, 11) is 0. The van der Waals surface area contributed by atoms with E-state index in [4.69, 9.17) is 26.8 Å². The fourth-order valence-corrected chi connectivity index (χ4v) is 6.12. The van der Waals surface area contributed by atoms with Crippen molar-refractivity contribution < 1.29 is 23.0 Å². The van der Waals surface area contributed by atoms with Gasteiger partial charge in [0.25, 0.3) is 0 Å². The van der Waals surface area contributed by atoms with E-state index >= 15 is 8.78 Å². The molecule has 4 heterocycles. The molecule has 2 aromatic carbocycles. The fraction of sp³-hybridized carbons (Fsp3) is 0.407. The summed E-state index contributed by atoms with van der Waals surface area (Å²) in [4.78, 5) is 16.7. The predicted octanol–water partition coefficient (Wildman–Crippen LogP) is 3.65. The maximum atomic E-state index is 16.1. The van der Waals surface area contributed by atoms with Crippen molar-refractivity contribution in [1.82, 2.24) is 14.9 Å². The molecular formula is C27H27ClF2N4O3. The number of primary amides is 1. The van der Waals surface area contributed by atoms with Crippen LogP contribution in [0.3, 0.4) is 0 Å². The van der Waals surface area contributed by atoms with Crippen molar-refractivity contribution in [2.45, 2.75) is 30.7 Å². The maximum absolute atomic E-state index is 16.1. The van der Waals surface area contributed by atoms with E-state index < -0.39 is 35.3 Å². The summed E-state index contributed by atoms with van der Waals surface area (Å²) in [6, 6.07) is 10.9. The number of amides is 1. The quantitative estimate of drug-likeness (QED) is 0.488. The molecule has 0 saturated carbocycles. The minimum atomic E-state index is -1.70. The lowest BCUT2D eigenvalue weighted by atomic mass is 9.76. The second-order valence-corrected chi connectivity index (χ2v) is 10.5. The molecule has 0 bridgehead atoms. The molecule has 3 unspecified atom stereocenters. The standard InChI is InChI=1S/C27H27ClF2N4O3/c28-23-19(29)8-20-17(21(23)22-18(25(31)35)11-34-7-6-33-26(34)24(22)30)9-27(37-20,16-4-2-1-3-5-16)14-32-10-15-12-36-13-15/h1-8,15,18,22,24,32H,9-14H2,(H2,31,35)/t18?,22?,24?,27-/m1/s1. The lowest BCUT2D eigenvalue weighted by Crippen LogP contribution is -2.46. The van der Waals surface area contributed by atoms with Gasteiger partial charge < -0.3 is 25.1 Å². The molecular weight excluding hydrogens is 502 g/mol. The van der Waals surface area contributed by atoms with Crippen LogP contribution in [-0.4, -0.2) is 41.8 Å². The number of hydrogen-bond acceptors (Lipinski definition) is 5. The normalized spacial score (nSPS) is 26.7. The zero-order valence-electron chi connectivity index (χ0n) is 20.0. The number of carbonyl (C=O) groups is 1. The number of fused-ring (bicyclic) bond motifs is 2. The first-order valence-electron chi connectivity index (χ1n) is 12.4. The molecule has 1 saturated heterocycles. The largest absolute Gasteiger partial charge is 0.480 e. The van der Waals surface area contributed by atoms with Gasteiger partial charge in [-0.3, -0.25) is 4.79 Å². The number of aromatic nitrogens is 2. The van der Waals surface area contributed by atoms with Crippen LogP contribution in [0.25, 0.3) is 0 Å². The highest BCUT2D eigenvalue weighted by Gasteiger charge is 2.49. The Morgan fingerprint density at radius 3 is 2.78 bits per heavy atom. The van der Waals surface area contributed by atoms with Gasteiger partial charge in [-0.05, 0) is 11.1 Å². The van der Waals surface area contributed by atoms with Crippen LogP contribution in [0.15, 0.2) is 48.8 Å². The van der Waals surface area contributed by atoms with Crippen LogP contribution in [0, 0.1) is 17.7 Å². The van der Waals surface area contributed by atoms with E-state index in [2.05, 4.69) is 10.3 Å². The van der Waals surface area contributed by atoms with Gasteiger partial charge in [-0.15, -0.1) is 0 Å². The summed E-state index contributed by atoms with van der Waals surface area (Å²) in [5.41, 5.74) is 6.58. The van der Waals surface area contributed by atoms with Gasteiger partial charge in [0.1, 0.15) is 17.4 Å². The molecule has 0 aliphatic carbocycles. The molecule has 1 amide bonds. The van der Waals surface area contributed by atoms with E-state index in [1.54, 1.807) is 10.8 Å². The van der Waals surface area contributed by atoms with E-state index in [1.165, 1.54) is 12.3 Å². The molecule has 10 heteroatoms. The number of ether oxygens (including phenoxy) is 2. The molecule has 1 aromatic heterocycles. The van der Waals surface area contributed by atoms with Gasteiger partial charge in [-0.1, -0.05) is 41.9 Å². The molecule has 3 N–H and O–H groups in total. The zero-order valence-corrected chi connectivity index (χ0v) is 20.8. The summed E-state index contributed by atoms with van der Waals surface area (Å²) in [6.07, 6.45) is 1.70. The van der Waals surface area contributed by atoms with Gasteiger partial charge in [0.2, 0.25) is 5.91 Å². The lowest BCUT2D eigenvalue weighted by molar-refractivity contribution is -0.124. The molecule has 3 aromatic rings. The van der Waals surface area contributed by atoms with Crippen LogP contribution < -0.4 is 15.8 Å². The number of benzene rings is 2. The molecule has 6 rings (SSSR count). The number of imidazole rings is 1. The van der Waals surface area contributed by atoms with Gasteiger partial charge in [0, 0.05) is 61.9 Å². The monoisotopic (exact) mass is 528 g/mol. The molecule has 7 nitrogen and oxygen atoms in total. The van der Waals surface area contributed by atoms with Gasteiger partial charge >= 0.3 is 0 Å². The van der Waals surface area contributed by atoms with E-state index in [0.29, 0.717) is 43.4 Å². The van der Waals surface area contributed by atoms with E-state index in [-0.39, 0.29) is 23.0 Å². The summed E-state index contributed by atoms with van der Waals surface area (Å²) in [5, 5.41) is 3.27. The third-order valence-electron chi connectivity index (χ3n) is 7.78. The van der Waals surface area contributed by atoms with Crippen molar-refractivity contribution in [3.63, 3.8) is 0 Å². The smallest absolute Gasteiger partial charge is 0.223 e. The van der Waals surface area contributed by atoms with E-state index in [9.17, 15) is 4.79 Å². The minimum Gasteiger partial charge on any atom is -0.480 e. The fourth-order valence-electron chi connectivity index (χ4n) is 5.83. The van der Waals surface area contributed by atoms with Gasteiger partial charge in [-0.25, -0.2) is 13.8 Å². The maximum Gasteiger partial charge on any atom is 0.223 e. The Hall–Kier alpha value is -3.01. The Balaban J connectivity index is 1.43. The Morgan fingerprint density at radius 2 is 2.08 bits per heavy atom. The Bertz CT molecular complexity index is 1330. The average molecular weight is 529 g/mol. The van der Waals surface area contributed by atoms with Gasteiger partial charge in [0.05, 0.1) is 24.2 Å². The highest BCUT2D eigenvalue weighted by atomic mass is 35.5. The summed E-state index contributed by atoms with van der Waals surface area (Å²) >= 11 is 6.55. The first-order valence-corrected chi connectivity index (χ1v) is 12.7. The zero-order chi connectivity index (χ0) is 25.7. The molecule has 3 aliphatic heterocycles. The van der Waals surface area contributed by atoms with Crippen LogP contribution in [-0.2, 0) is 28.1 Å². The third kappa shape index (κ3) is 4.09. The van der Waals surface area contributed by atoms with Crippen molar-refractivity contribution in [1.29, 1.82) is 0 Å². The summed E-state index contributed by atoms with van der Waals surface area (Å²) < 4.78 is 44.7. The van der Waals surface area contributed by atoms with Gasteiger partial charge in [-0.2, -0.15) is 0 Å². The van der Waals surface area contributed by atoms with Crippen LogP contribution in [0.1, 0.15) is 34.6 Å². The molecule has 0 radical (unpaired) electrons. The van der Waals surface area contributed by atoms with Crippen molar-refractivity contribution in [3.05, 3.63) is 82.1 Å². The molecule has 3 aliphatic rings. The summed E-state index contributed by atoms with van der Waals surface area (Å²) in [6.45, 7) is 2.74. The van der Waals surface area contributed by atoms with Crippen LogP contribution >= 0.6 is 11.6 Å². The number of halogens is 3. The Labute approximate surface area is 217 Å².